The summed E-state index contributed by atoms with van der Waals surface area (Å²) in [4.78, 5) is 17.1. The number of carbonyl (C=O) groups excluding carboxylic acids is 1. The largest absolute Gasteiger partial charge is 0.372 e. The van der Waals surface area contributed by atoms with Crippen molar-refractivity contribution >= 4 is 5.91 Å². The zero-order valence-electron chi connectivity index (χ0n) is 13.1. The Morgan fingerprint density at radius 1 is 1.00 bits per heavy atom. The predicted octanol–water partition coefficient (Wildman–Crippen LogP) is 2.17. The van der Waals surface area contributed by atoms with Crippen molar-refractivity contribution in [1.82, 2.24) is 5.48 Å². The topological polar surface area (TPSA) is 73.6 Å². The van der Waals surface area contributed by atoms with Gasteiger partial charge in [0.15, 0.2) is 0 Å². The first-order valence-electron chi connectivity index (χ1n) is 7.53. The van der Waals surface area contributed by atoms with Crippen LogP contribution in [0.25, 0.3) is 0 Å². The molecule has 0 bridgehead atoms. The minimum Gasteiger partial charge on any atom is -0.372 e. The van der Waals surface area contributed by atoms with Crippen LogP contribution in [0.5, 0.6) is 0 Å². The van der Waals surface area contributed by atoms with Crippen molar-refractivity contribution in [1.29, 1.82) is 0 Å². The highest BCUT2D eigenvalue weighted by Crippen LogP contribution is 2.05. The number of hydroxylamine groups is 1. The Balaban J connectivity index is 1.70. The van der Waals surface area contributed by atoms with Crippen molar-refractivity contribution in [2.45, 2.75) is 32.3 Å². The van der Waals surface area contributed by atoms with Crippen LogP contribution in [0.3, 0.4) is 0 Å². The molecule has 122 valence electrons. The summed E-state index contributed by atoms with van der Waals surface area (Å²) in [6.07, 6.45) is -0.421. The van der Waals surface area contributed by atoms with E-state index < -0.39 is 18.1 Å². The van der Waals surface area contributed by atoms with Crippen LogP contribution in [0.4, 0.5) is 0 Å². The molecule has 0 heterocycles. The van der Waals surface area contributed by atoms with E-state index in [1.165, 1.54) is 0 Å². The third kappa shape index (κ3) is 5.83. The van der Waals surface area contributed by atoms with E-state index in [1.807, 2.05) is 60.7 Å². The van der Waals surface area contributed by atoms with Gasteiger partial charge in [-0.15, -0.1) is 0 Å². The van der Waals surface area contributed by atoms with E-state index in [0.29, 0.717) is 13.2 Å². The summed E-state index contributed by atoms with van der Waals surface area (Å²) in [7, 11) is 0. The fourth-order valence-corrected chi connectivity index (χ4v) is 1.95. The lowest BCUT2D eigenvalue weighted by molar-refractivity contribution is -0.139. The van der Waals surface area contributed by atoms with E-state index in [2.05, 4.69) is 5.48 Å². The smallest absolute Gasteiger partial charge is 0.263 e. The number of benzene rings is 2. The summed E-state index contributed by atoms with van der Waals surface area (Å²) in [6.45, 7) is 2.47. The van der Waals surface area contributed by atoms with Crippen LogP contribution in [0.2, 0.25) is 0 Å². The maximum absolute atomic E-state index is 11.9. The average Bonchev–Trinajstić information content (AvgIpc) is 2.60. The van der Waals surface area contributed by atoms with Crippen molar-refractivity contribution < 1.29 is 14.4 Å². The molecule has 2 atom stereocenters. The first kappa shape index (κ1) is 17.1. The molecule has 0 aliphatic carbocycles. The first-order chi connectivity index (χ1) is 11.2. The summed E-state index contributed by atoms with van der Waals surface area (Å²) < 4.78 is 5.63. The number of amides is 1. The Bertz CT molecular complexity index is 590. The summed E-state index contributed by atoms with van der Waals surface area (Å²) >= 11 is 0. The van der Waals surface area contributed by atoms with Gasteiger partial charge < -0.3 is 10.5 Å². The van der Waals surface area contributed by atoms with Crippen molar-refractivity contribution in [3.8, 4) is 0 Å². The number of hydrogen-bond acceptors (Lipinski definition) is 4. The van der Waals surface area contributed by atoms with Gasteiger partial charge in [-0.1, -0.05) is 60.7 Å². The quantitative estimate of drug-likeness (QED) is 0.732. The number of ether oxygens (including phenoxy) is 1. The zero-order chi connectivity index (χ0) is 16.5. The molecule has 2 aromatic rings. The second-order valence-corrected chi connectivity index (χ2v) is 5.27. The summed E-state index contributed by atoms with van der Waals surface area (Å²) in [6, 6.07) is 18.5. The summed E-state index contributed by atoms with van der Waals surface area (Å²) in [5.41, 5.74) is 10.3. The molecule has 2 aromatic carbocycles. The lowest BCUT2D eigenvalue weighted by atomic mass is 10.2. The third-order valence-electron chi connectivity index (χ3n) is 3.42. The van der Waals surface area contributed by atoms with Gasteiger partial charge in [0, 0.05) is 0 Å². The standard InChI is InChI=1S/C18H22N2O3/c1-14(22-12-15-8-4-2-5-9-15)17(19)18(21)20-23-13-16-10-6-3-7-11-16/h2-11,14,17H,12-13,19H2,1H3,(H,20,21)/t14-,17-/m0/s1. The van der Waals surface area contributed by atoms with Crippen molar-refractivity contribution in [2.24, 2.45) is 5.73 Å². The van der Waals surface area contributed by atoms with Crippen LogP contribution < -0.4 is 11.2 Å². The molecule has 2 rings (SSSR count). The van der Waals surface area contributed by atoms with Gasteiger partial charge in [0.2, 0.25) is 0 Å². The molecule has 0 fully saturated rings. The Labute approximate surface area is 136 Å². The average molecular weight is 314 g/mol. The number of carbonyl (C=O) groups is 1. The van der Waals surface area contributed by atoms with Gasteiger partial charge in [0.1, 0.15) is 6.04 Å². The fraction of sp³-hybridized carbons (Fsp3) is 0.278. The van der Waals surface area contributed by atoms with Crippen LogP contribution in [0, 0.1) is 0 Å². The van der Waals surface area contributed by atoms with Gasteiger partial charge in [0.05, 0.1) is 19.3 Å². The molecule has 1 amide bonds. The third-order valence-corrected chi connectivity index (χ3v) is 3.42. The maximum Gasteiger partial charge on any atom is 0.263 e. The molecule has 0 aliphatic heterocycles. The molecule has 5 heteroatoms. The summed E-state index contributed by atoms with van der Waals surface area (Å²) in [5.74, 6) is -0.401. The van der Waals surface area contributed by atoms with Gasteiger partial charge in [-0.05, 0) is 18.1 Å². The molecule has 0 saturated heterocycles. The van der Waals surface area contributed by atoms with Gasteiger partial charge in [0.25, 0.3) is 5.91 Å². The fourth-order valence-electron chi connectivity index (χ4n) is 1.95. The van der Waals surface area contributed by atoms with Crippen molar-refractivity contribution in [3.05, 3.63) is 71.8 Å². The molecule has 5 nitrogen and oxygen atoms in total. The van der Waals surface area contributed by atoms with Gasteiger partial charge >= 0.3 is 0 Å². The van der Waals surface area contributed by atoms with E-state index in [9.17, 15) is 4.79 Å². The summed E-state index contributed by atoms with van der Waals surface area (Å²) in [5, 5.41) is 0. The van der Waals surface area contributed by atoms with E-state index in [1.54, 1.807) is 6.92 Å². The Kier molecular flexibility index (Phi) is 6.75. The second-order valence-electron chi connectivity index (χ2n) is 5.27. The molecule has 0 radical (unpaired) electrons. The van der Waals surface area contributed by atoms with Crippen LogP contribution in [-0.4, -0.2) is 18.1 Å². The Hall–Kier alpha value is -2.21. The Morgan fingerprint density at radius 3 is 2.09 bits per heavy atom. The van der Waals surface area contributed by atoms with Crippen LogP contribution in [0.1, 0.15) is 18.1 Å². The number of rotatable bonds is 8. The maximum atomic E-state index is 11.9. The molecule has 0 aliphatic rings. The van der Waals surface area contributed by atoms with E-state index in [-0.39, 0.29) is 0 Å². The van der Waals surface area contributed by atoms with Crippen molar-refractivity contribution in [2.75, 3.05) is 0 Å². The highest BCUT2D eigenvalue weighted by molar-refractivity contribution is 5.81. The molecule has 3 N–H and O–H groups in total. The lowest BCUT2D eigenvalue weighted by Crippen LogP contribution is -2.48. The van der Waals surface area contributed by atoms with Crippen molar-refractivity contribution in [3.63, 3.8) is 0 Å². The van der Waals surface area contributed by atoms with Crippen LogP contribution in [0.15, 0.2) is 60.7 Å². The monoisotopic (exact) mass is 314 g/mol. The van der Waals surface area contributed by atoms with Gasteiger partial charge in [-0.3, -0.25) is 9.63 Å². The second kappa shape index (κ2) is 9.05. The van der Waals surface area contributed by atoms with Gasteiger partial charge in [-0.25, -0.2) is 5.48 Å². The van der Waals surface area contributed by atoms with Gasteiger partial charge in [-0.2, -0.15) is 0 Å². The molecule has 0 spiro atoms. The van der Waals surface area contributed by atoms with Crippen LogP contribution in [-0.2, 0) is 27.6 Å². The normalized spacial score (nSPS) is 13.3. The molecule has 0 aromatic heterocycles. The predicted molar refractivity (Wildman–Crippen MR) is 88.0 cm³/mol. The highest BCUT2D eigenvalue weighted by atomic mass is 16.7. The van der Waals surface area contributed by atoms with E-state index in [0.717, 1.165) is 11.1 Å². The van der Waals surface area contributed by atoms with Crippen LogP contribution >= 0.6 is 0 Å². The number of hydrogen-bond donors (Lipinski definition) is 2. The minimum atomic E-state index is -0.797. The number of nitrogens with two attached hydrogens (primary N) is 1. The van der Waals surface area contributed by atoms with E-state index in [4.69, 9.17) is 15.3 Å². The zero-order valence-corrected chi connectivity index (χ0v) is 13.1. The molecule has 0 unspecified atom stereocenters. The lowest BCUT2D eigenvalue weighted by Gasteiger charge is -2.19. The molecular formula is C18H22N2O3. The van der Waals surface area contributed by atoms with E-state index >= 15 is 0 Å². The first-order valence-corrected chi connectivity index (χ1v) is 7.53. The highest BCUT2D eigenvalue weighted by Gasteiger charge is 2.21. The minimum absolute atomic E-state index is 0.290. The number of nitrogens with one attached hydrogen (secondary N) is 1. The molecule has 0 saturated carbocycles. The molecular weight excluding hydrogens is 292 g/mol. The molecule has 23 heavy (non-hydrogen) atoms. The SMILES string of the molecule is C[C@H](OCc1ccccc1)[C@H](N)C(=O)NOCc1ccccc1. The Morgan fingerprint density at radius 2 is 1.52 bits per heavy atom.